The summed E-state index contributed by atoms with van der Waals surface area (Å²) in [5, 5.41) is 4.91. The van der Waals surface area contributed by atoms with E-state index in [4.69, 9.17) is 16.0 Å². The second-order valence-corrected chi connectivity index (χ2v) is 9.19. The van der Waals surface area contributed by atoms with E-state index in [1.807, 2.05) is 12.4 Å². The van der Waals surface area contributed by atoms with E-state index in [1.54, 1.807) is 16.8 Å². The normalized spacial score (nSPS) is 23.8. The van der Waals surface area contributed by atoms with Crippen molar-refractivity contribution >= 4 is 11.6 Å². The maximum atomic E-state index is 14.5. The van der Waals surface area contributed by atoms with Gasteiger partial charge >= 0.3 is 0 Å². The van der Waals surface area contributed by atoms with Crippen LogP contribution in [0.5, 0.6) is 0 Å². The first-order valence-electron chi connectivity index (χ1n) is 9.30. The Balaban J connectivity index is 1.63. The second-order valence-electron chi connectivity index (χ2n) is 8.75. The van der Waals surface area contributed by atoms with Gasteiger partial charge in [0.1, 0.15) is 17.3 Å². The maximum Gasteiger partial charge on any atom is 0.205 e. The van der Waals surface area contributed by atoms with Crippen LogP contribution in [0.25, 0.3) is 5.69 Å². The largest absolute Gasteiger partial charge is 0.444 e. The van der Waals surface area contributed by atoms with E-state index in [-0.39, 0.29) is 16.6 Å². The Kier molecular flexibility index (Phi) is 3.43. The highest BCUT2D eigenvalue weighted by molar-refractivity contribution is 6.30. The first kappa shape index (κ1) is 17.0. The average molecular weight is 386 g/mol. The SMILES string of the molecule is CC(C)(C)c1cnc(C23CCC(C2)c2c3cnn2-c2ccc(Cl)cc2F)o1. The van der Waals surface area contributed by atoms with Gasteiger partial charge in [-0.05, 0) is 37.5 Å². The second kappa shape index (κ2) is 5.44. The van der Waals surface area contributed by atoms with Gasteiger partial charge in [-0.1, -0.05) is 32.4 Å². The number of nitrogens with zero attached hydrogens (tertiary/aromatic N) is 3. The van der Waals surface area contributed by atoms with Gasteiger partial charge in [0.15, 0.2) is 0 Å². The van der Waals surface area contributed by atoms with Gasteiger partial charge in [0, 0.05) is 21.9 Å². The van der Waals surface area contributed by atoms with Gasteiger partial charge in [-0.15, -0.1) is 0 Å². The lowest BCUT2D eigenvalue weighted by Gasteiger charge is -2.23. The first-order valence-corrected chi connectivity index (χ1v) is 9.68. The number of fused-ring (bicyclic) bond motifs is 5. The molecule has 1 aromatic carbocycles. The Hall–Kier alpha value is -2.14. The van der Waals surface area contributed by atoms with Crippen molar-refractivity contribution in [1.82, 2.24) is 14.8 Å². The third-order valence-electron chi connectivity index (χ3n) is 6.02. The van der Waals surface area contributed by atoms with Crippen LogP contribution in [0, 0.1) is 5.82 Å². The van der Waals surface area contributed by atoms with E-state index < -0.39 is 0 Å². The fourth-order valence-electron chi connectivity index (χ4n) is 4.64. The molecule has 0 amide bonds. The van der Waals surface area contributed by atoms with Crippen molar-refractivity contribution in [2.45, 2.75) is 56.8 Å². The van der Waals surface area contributed by atoms with Crippen molar-refractivity contribution in [3.63, 3.8) is 0 Å². The Morgan fingerprint density at radius 3 is 2.81 bits per heavy atom. The number of aromatic nitrogens is 3. The molecule has 2 heterocycles. The molecule has 0 saturated heterocycles. The minimum atomic E-state index is -0.364. The van der Waals surface area contributed by atoms with Gasteiger partial charge in [-0.2, -0.15) is 5.10 Å². The standard InChI is InChI=1S/C21H21ClFN3O/c1-20(2,3)17-11-24-19(27-17)21-7-6-12(9-21)18-14(21)10-25-26(18)16-5-4-13(22)8-15(16)23/h4-5,8,10-12H,6-7,9H2,1-3H3. The molecule has 3 aromatic rings. The van der Waals surface area contributed by atoms with E-state index in [2.05, 4.69) is 30.9 Å². The zero-order chi connectivity index (χ0) is 19.0. The van der Waals surface area contributed by atoms with Crippen LogP contribution in [0.15, 0.2) is 35.0 Å². The molecule has 27 heavy (non-hydrogen) atoms. The molecule has 5 rings (SSSR count). The van der Waals surface area contributed by atoms with Crippen molar-refractivity contribution in [3.05, 3.63) is 64.3 Å². The number of rotatable bonds is 2. The summed E-state index contributed by atoms with van der Waals surface area (Å²) in [7, 11) is 0. The van der Waals surface area contributed by atoms with Gasteiger partial charge in [0.05, 0.1) is 23.5 Å². The lowest BCUT2D eigenvalue weighted by atomic mass is 9.81. The van der Waals surface area contributed by atoms with Gasteiger partial charge < -0.3 is 4.42 Å². The number of oxazole rings is 1. The quantitative estimate of drug-likeness (QED) is 0.583. The van der Waals surface area contributed by atoms with Crippen LogP contribution < -0.4 is 0 Å². The van der Waals surface area contributed by atoms with Crippen LogP contribution in [-0.2, 0) is 10.8 Å². The summed E-state index contributed by atoms with van der Waals surface area (Å²) in [6, 6.07) is 4.71. The Morgan fingerprint density at radius 1 is 1.30 bits per heavy atom. The molecule has 140 valence electrons. The molecule has 2 aliphatic rings. The summed E-state index contributed by atoms with van der Waals surface area (Å²) in [6.07, 6.45) is 6.67. The van der Waals surface area contributed by atoms with Crippen molar-refractivity contribution in [2.75, 3.05) is 0 Å². The van der Waals surface area contributed by atoms with Crippen molar-refractivity contribution in [2.24, 2.45) is 0 Å². The molecular formula is C21H21ClFN3O. The molecule has 1 fully saturated rings. The summed E-state index contributed by atoms with van der Waals surface area (Å²) in [6.45, 7) is 6.36. The lowest BCUT2D eigenvalue weighted by Crippen LogP contribution is -2.22. The molecule has 1 saturated carbocycles. The molecule has 2 unspecified atom stereocenters. The third-order valence-corrected chi connectivity index (χ3v) is 6.25. The summed E-state index contributed by atoms with van der Waals surface area (Å²) in [5.41, 5.74) is 2.31. The molecule has 4 nitrogen and oxygen atoms in total. The third kappa shape index (κ3) is 2.34. The fourth-order valence-corrected chi connectivity index (χ4v) is 4.80. The lowest BCUT2D eigenvalue weighted by molar-refractivity contribution is 0.329. The molecular weight excluding hydrogens is 365 g/mol. The topological polar surface area (TPSA) is 43.9 Å². The minimum absolute atomic E-state index is 0.0854. The summed E-state index contributed by atoms with van der Waals surface area (Å²) < 4.78 is 22.5. The van der Waals surface area contributed by atoms with E-state index >= 15 is 0 Å². The molecule has 6 heteroatoms. The summed E-state index contributed by atoms with van der Waals surface area (Å²) in [4.78, 5) is 4.65. The summed E-state index contributed by atoms with van der Waals surface area (Å²) in [5.74, 6) is 1.63. The predicted molar refractivity (Wildman–Crippen MR) is 101 cm³/mol. The zero-order valence-electron chi connectivity index (χ0n) is 15.6. The van der Waals surface area contributed by atoms with Gasteiger partial charge in [0.2, 0.25) is 5.89 Å². The Morgan fingerprint density at radius 2 is 2.11 bits per heavy atom. The highest BCUT2D eigenvalue weighted by atomic mass is 35.5. The van der Waals surface area contributed by atoms with Crippen LogP contribution >= 0.6 is 11.6 Å². The van der Waals surface area contributed by atoms with Crippen LogP contribution in [0.1, 0.15) is 68.9 Å². The predicted octanol–water partition coefficient (Wildman–Crippen LogP) is 5.52. The Bertz CT molecular complexity index is 1050. The monoisotopic (exact) mass is 385 g/mol. The van der Waals surface area contributed by atoms with E-state index in [0.29, 0.717) is 16.6 Å². The van der Waals surface area contributed by atoms with Gasteiger partial charge in [0.25, 0.3) is 0 Å². The van der Waals surface area contributed by atoms with Crippen LogP contribution in [0.2, 0.25) is 5.02 Å². The van der Waals surface area contributed by atoms with Crippen molar-refractivity contribution in [1.29, 1.82) is 0 Å². The van der Waals surface area contributed by atoms with Gasteiger partial charge in [-0.3, -0.25) is 0 Å². The highest BCUT2D eigenvalue weighted by Gasteiger charge is 2.55. The summed E-state index contributed by atoms with van der Waals surface area (Å²) >= 11 is 5.91. The smallest absolute Gasteiger partial charge is 0.205 e. The number of hydrogen-bond donors (Lipinski definition) is 0. The Labute approximate surface area is 162 Å². The van der Waals surface area contributed by atoms with Crippen molar-refractivity contribution < 1.29 is 8.81 Å². The van der Waals surface area contributed by atoms with E-state index in [9.17, 15) is 4.39 Å². The van der Waals surface area contributed by atoms with Crippen LogP contribution in [0.3, 0.4) is 0 Å². The van der Waals surface area contributed by atoms with Gasteiger partial charge in [-0.25, -0.2) is 14.1 Å². The minimum Gasteiger partial charge on any atom is -0.444 e. The fraction of sp³-hybridized carbons (Fsp3) is 0.429. The molecule has 0 aliphatic heterocycles. The number of halogens is 2. The van der Waals surface area contributed by atoms with Crippen molar-refractivity contribution in [3.8, 4) is 5.69 Å². The van der Waals surface area contributed by atoms with E-state index in [1.165, 1.54) is 6.07 Å². The first-order chi connectivity index (χ1) is 12.8. The van der Waals surface area contributed by atoms with Crippen LogP contribution in [0.4, 0.5) is 4.39 Å². The van der Waals surface area contributed by atoms with E-state index in [0.717, 1.165) is 42.2 Å². The molecule has 2 aromatic heterocycles. The average Bonchev–Trinajstić information content (AvgIpc) is 3.35. The molecule has 0 N–H and O–H groups in total. The maximum absolute atomic E-state index is 14.5. The molecule has 0 spiro atoms. The number of hydrogen-bond acceptors (Lipinski definition) is 3. The van der Waals surface area contributed by atoms with Crippen LogP contribution in [-0.4, -0.2) is 14.8 Å². The molecule has 2 bridgehead atoms. The molecule has 0 radical (unpaired) electrons. The molecule has 2 aliphatic carbocycles. The highest BCUT2D eigenvalue weighted by Crippen LogP contribution is 2.60. The number of benzene rings is 1. The molecule has 2 atom stereocenters. The zero-order valence-corrected chi connectivity index (χ0v) is 16.3.